The standard InChI is InChI=1S/C16H14FN3O2S2/c1-10-13-9-12(17)6-5-11(13)7-8-20(10)24(21,22)15-4-2-3-14-16(15)19-23-18-14/h2-6,9-10H,7-8H2,1H3. The summed E-state index contributed by atoms with van der Waals surface area (Å²) in [5, 5.41) is 0. The van der Waals surface area contributed by atoms with Gasteiger partial charge in [-0.05, 0) is 48.7 Å². The van der Waals surface area contributed by atoms with E-state index in [1.165, 1.54) is 16.4 Å². The molecular weight excluding hydrogens is 349 g/mol. The van der Waals surface area contributed by atoms with E-state index in [1.807, 2.05) is 0 Å². The quantitative estimate of drug-likeness (QED) is 0.694. The van der Waals surface area contributed by atoms with E-state index in [1.54, 1.807) is 31.2 Å². The molecule has 24 heavy (non-hydrogen) atoms. The lowest BCUT2D eigenvalue weighted by atomic mass is 9.95. The van der Waals surface area contributed by atoms with Crippen molar-refractivity contribution in [1.29, 1.82) is 0 Å². The number of sulfonamides is 1. The molecule has 5 nitrogen and oxygen atoms in total. The highest BCUT2D eigenvalue weighted by Crippen LogP contribution is 2.41. The minimum Gasteiger partial charge on any atom is -0.207 e. The van der Waals surface area contributed by atoms with Gasteiger partial charge in [0.05, 0.1) is 11.4 Å². The number of hydrogen-bond donors (Lipinski definition) is 0. The third-order valence-electron chi connectivity index (χ3n) is 4.43. The molecule has 2 heterocycles. The van der Waals surface area contributed by atoms with Crippen molar-refractivity contribution in [3.8, 4) is 0 Å². The molecule has 0 spiro atoms. The van der Waals surface area contributed by atoms with E-state index in [0.29, 0.717) is 29.9 Å². The van der Waals surface area contributed by atoms with E-state index in [-0.39, 0.29) is 10.7 Å². The number of benzene rings is 2. The molecule has 124 valence electrons. The van der Waals surface area contributed by atoms with Crippen molar-refractivity contribution in [3.05, 3.63) is 53.3 Å². The van der Waals surface area contributed by atoms with Crippen LogP contribution in [0, 0.1) is 5.82 Å². The molecule has 0 aromatic heterocycles. The third-order valence-corrected chi connectivity index (χ3v) is 6.97. The van der Waals surface area contributed by atoms with Crippen molar-refractivity contribution < 1.29 is 12.8 Å². The van der Waals surface area contributed by atoms with Gasteiger partial charge in [-0.15, -0.1) is 0 Å². The van der Waals surface area contributed by atoms with Crippen LogP contribution in [0.4, 0.5) is 15.8 Å². The predicted octanol–water partition coefficient (Wildman–Crippen LogP) is 3.86. The lowest BCUT2D eigenvalue weighted by Crippen LogP contribution is -2.38. The molecule has 0 saturated heterocycles. The second-order valence-electron chi connectivity index (χ2n) is 5.77. The minimum atomic E-state index is -3.75. The fraction of sp³-hybridized carbons (Fsp3) is 0.250. The van der Waals surface area contributed by atoms with Crippen LogP contribution in [0.25, 0.3) is 0 Å². The Kier molecular flexibility index (Phi) is 3.63. The summed E-state index contributed by atoms with van der Waals surface area (Å²) in [4.78, 5) is 0.153. The molecule has 8 heteroatoms. The number of fused-ring (bicyclic) bond motifs is 2. The van der Waals surface area contributed by atoms with Gasteiger partial charge >= 0.3 is 0 Å². The Hall–Kier alpha value is -1.90. The monoisotopic (exact) mass is 363 g/mol. The van der Waals surface area contributed by atoms with E-state index >= 15 is 0 Å². The van der Waals surface area contributed by atoms with E-state index in [0.717, 1.165) is 16.9 Å². The molecular formula is C16H14FN3O2S2. The highest BCUT2D eigenvalue weighted by atomic mass is 32.2. The van der Waals surface area contributed by atoms with Crippen molar-refractivity contribution in [3.63, 3.8) is 0 Å². The van der Waals surface area contributed by atoms with Gasteiger partial charge in [-0.2, -0.15) is 13.0 Å². The summed E-state index contributed by atoms with van der Waals surface area (Å²) in [6.07, 6.45) is 0.560. The highest BCUT2D eigenvalue weighted by molar-refractivity contribution is 7.89. The molecule has 2 aliphatic rings. The molecule has 1 unspecified atom stereocenters. The summed E-state index contributed by atoms with van der Waals surface area (Å²) in [7, 11) is -3.75. The van der Waals surface area contributed by atoms with Crippen molar-refractivity contribution in [2.24, 2.45) is 8.73 Å². The summed E-state index contributed by atoms with van der Waals surface area (Å²) >= 11 is 0.989. The van der Waals surface area contributed by atoms with Gasteiger partial charge in [0.1, 0.15) is 22.1 Å². The molecule has 0 aliphatic carbocycles. The first-order chi connectivity index (χ1) is 11.5. The van der Waals surface area contributed by atoms with Gasteiger partial charge in [0.15, 0.2) is 0 Å². The molecule has 0 saturated carbocycles. The largest absolute Gasteiger partial charge is 0.245 e. The van der Waals surface area contributed by atoms with Crippen LogP contribution in [-0.2, 0) is 27.8 Å². The van der Waals surface area contributed by atoms with E-state index in [4.69, 9.17) is 0 Å². The maximum absolute atomic E-state index is 13.6. The minimum absolute atomic E-state index is 0.153. The Labute approximate surface area is 143 Å². The van der Waals surface area contributed by atoms with Crippen LogP contribution in [-0.4, -0.2) is 19.3 Å². The van der Waals surface area contributed by atoms with Crippen molar-refractivity contribution >= 4 is 32.8 Å². The molecule has 0 fully saturated rings. The maximum atomic E-state index is 13.6. The topological polar surface area (TPSA) is 62.1 Å². The van der Waals surface area contributed by atoms with Crippen LogP contribution in [0.3, 0.4) is 0 Å². The first-order valence-electron chi connectivity index (χ1n) is 7.50. The number of halogens is 1. The van der Waals surface area contributed by atoms with Crippen LogP contribution in [0.1, 0.15) is 24.1 Å². The van der Waals surface area contributed by atoms with Crippen LogP contribution in [0.15, 0.2) is 50.0 Å². The van der Waals surface area contributed by atoms with Gasteiger partial charge in [0, 0.05) is 12.6 Å². The number of hydrogen-bond acceptors (Lipinski definition) is 4. The van der Waals surface area contributed by atoms with Gasteiger partial charge in [-0.1, -0.05) is 12.1 Å². The van der Waals surface area contributed by atoms with E-state index in [9.17, 15) is 12.8 Å². The fourth-order valence-corrected chi connectivity index (χ4v) is 5.57. The van der Waals surface area contributed by atoms with Crippen LogP contribution in [0.2, 0.25) is 0 Å². The summed E-state index contributed by atoms with van der Waals surface area (Å²) in [6.45, 7) is 2.14. The lowest BCUT2D eigenvalue weighted by Gasteiger charge is -2.34. The fourth-order valence-electron chi connectivity index (χ4n) is 3.21. The van der Waals surface area contributed by atoms with Gasteiger partial charge in [-0.3, -0.25) is 0 Å². The summed E-state index contributed by atoms with van der Waals surface area (Å²) < 4.78 is 49.6. The molecule has 0 amide bonds. The zero-order chi connectivity index (χ0) is 16.9. The molecule has 0 radical (unpaired) electrons. The molecule has 0 bridgehead atoms. The molecule has 2 aromatic rings. The molecule has 2 aliphatic heterocycles. The van der Waals surface area contributed by atoms with Crippen molar-refractivity contribution in [2.45, 2.75) is 24.3 Å². The maximum Gasteiger partial charge on any atom is 0.245 e. The van der Waals surface area contributed by atoms with Gasteiger partial charge in [-0.25, -0.2) is 12.8 Å². The van der Waals surface area contributed by atoms with E-state index < -0.39 is 16.1 Å². The van der Waals surface area contributed by atoms with Crippen molar-refractivity contribution in [1.82, 2.24) is 4.31 Å². The Morgan fingerprint density at radius 3 is 2.92 bits per heavy atom. The average molecular weight is 363 g/mol. The second kappa shape index (κ2) is 5.58. The van der Waals surface area contributed by atoms with Gasteiger partial charge in [0.2, 0.25) is 10.0 Å². The van der Waals surface area contributed by atoms with Gasteiger partial charge < -0.3 is 0 Å². The number of nitrogens with zero attached hydrogens (tertiary/aromatic N) is 3. The zero-order valence-corrected chi connectivity index (χ0v) is 14.4. The average Bonchev–Trinajstić information content (AvgIpc) is 3.04. The first kappa shape index (κ1) is 15.6. The second-order valence-corrected chi connectivity index (χ2v) is 8.16. The SMILES string of the molecule is CC1c2cc(F)ccc2CCN1S(=O)(=O)c1cccc2c1N=S=N2. The van der Waals surface area contributed by atoms with Crippen LogP contribution in [0.5, 0.6) is 0 Å². The molecule has 1 atom stereocenters. The first-order valence-corrected chi connectivity index (χ1v) is 9.67. The molecule has 2 aromatic carbocycles. The Morgan fingerprint density at radius 2 is 2.08 bits per heavy atom. The third kappa shape index (κ3) is 2.33. The van der Waals surface area contributed by atoms with Gasteiger partial charge in [0.25, 0.3) is 0 Å². The Bertz CT molecular complexity index is 1010. The molecule has 4 rings (SSSR count). The number of rotatable bonds is 2. The van der Waals surface area contributed by atoms with Crippen molar-refractivity contribution in [2.75, 3.05) is 6.54 Å². The Morgan fingerprint density at radius 1 is 1.25 bits per heavy atom. The highest BCUT2D eigenvalue weighted by Gasteiger charge is 2.36. The van der Waals surface area contributed by atoms with Crippen LogP contribution < -0.4 is 0 Å². The normalized spacial score (nSPS) is 19.7. The summed E-state index contributed by atoms with van der Waals surface area (Å²) in [5.41, 5.74) is 2.66. The smallest absolute Gasteiger partial charge is 0.207 e. The lowest BCUT2D eigenvalue weighted by molar-refractivity contribution is 0.325. The predicted molar refractivity (Wildman–Crippen MR) is 90.4 cm³/mol. The molecule has 0 N–H and O–H groups in total. The Balaban J connectivity index is 1.79. The van der Waals surface area contributed by atoms with E-state index in [2.05, 4.69) is 8.73 Å². The zero-order valence-electron chi connectivity index (χ0n) is 12.8. The summed E-state index contributed by atoms with van der Waals surface area (Å²) in [6, 6.07) is 9.09. The summed E-state index contributed by atoms with van der Waals surface area (Å²) in [5.74, 6) is -0.356. The van der Waals surface area contributed by atoms with Crippen LogP contribution >= 0.6 is 0 Å².